The number of amides is 1. The molecule has 3 aromatic rings. The molecule has 1 heterocycles. The monoisotopic (exact) mass is 311 g/mol. The molecule has 4 nitrogen and oxygen atoms in total. The van der Waals surface area contributed by atoms with Crippen molar-refractivity contribution in [1.82, 2.24) is 4.98 Å². The number of carbonyl (C=O) groups excluding carboxylic acids is 1. The molecule has 0 atom stereocenters. The van der Waals surface area contributed by atoms with Crippen LogP contribution in [-0.4, -0.2) is 25.0 Å². The fraction of sp³-hybridized carbons (Fsp3) is 0.176. The number of aryl methyl sites for hydroxylation is 1. The van der Waals surface area contributed by atoms with E-state index in [4.69, 9.17) is 0 Å². The van der Waals surface area contributed by atoms with Crippen LogP contribution in [0.4, 0.5) is 11.4 Å². The van der Waals surface area contributed by atoms with Gasteiger partial charge in [0.2, 0.25) is 0 Å². The maximum atomic E-state index is 12.3. The predicted octanol–water partition coefficient (Wildman–Crippen LogP) is 3.92. The van der Waals surface area contributed by atoms with Gasteiger partial charge in [-0.25, -0.2) is 4.98 Å². The number of aromatic nitrogens is 1. The van der Waals surface area contributed by atoms with Gasteiger partial charge in [0.05, 0.1) is 15.2 Å². The van der Waals surface area contributed by atoms with Gasteiger partial charge in [0, 0.05) is 31.0 Å². The number of hydrogen-bond donors (Lipinski definition) is 1. The van der Waals surface area contributed by atoms with E-state index >= 15 is 0 Å². The fourth-order valence-electron chi connectivity index (χ4n) is 2.23. The molecular weight excluding hydrogens is 294 g/mol. The Labute approximate surface area is 133 Å². The lowest BCUT2D eigenvalue weighted by Gasteiger charge is -2.13. The minimum absolute atomic E-state index is 0.106. The molecule has 3 rings (SSSR count). The summed E-state index contributed by atoms with van der Waals surface area (Å²) in [6.45, 7) is 1.97. The van der Waals surface area contributed by atoms with Crippen LogP contribution in [-0.2, 0) is 0 Å². The van der Waals surface area contributed by atoms with Crippen molar-refractivity contribution < 1.29 is 4.79 Å². The standard InChI is InChI=1S/C17H17N3OS/c1-11-18-15-9-4-12(10-16(15)22-11)17(21)19-13-5-7-14(8-6-13)20(2)3/h4-10H,1-3H3,(H,19,21). The first-order chi connectivity index (χ1) is 10.5. The lowest BCUT2D eigenvalue weighted by Crippen LogP contribution is -2.12. The fourth-order valence-corrected chi connectivity index (χ4v) is 3.09. The van der Waals surface area contributed by atoms with Crippen molar-refractivity contribution in [3.8, 4) is 0 Å². The Morgan fingerprint density at radius 1 is 1.14 bits per heavy atom. The van der Waals surface area contributed by atoms with Crippen LogP contribution in [0.15, 0.2) is 42.5 Å². The highest BCUT2D eigenvalue weighted by molar-refractivity contribution is 7.18. The van der Waals surface area contributed by atoms with E-state index in [1.54, 1.807) is 11.3 Å². The molecule has 1 amide bonds. The Kier molecular flexibility index (Phi) is 3.81. The summed E-state index contributed by atoms with van der Waals surface area (Å²) >= 11 is 1.60. The van der Waals surface area contributed by atoms with E-state index in [1.807, 2.05) is 68.4 Å². The summed E-state index contributed by atoms with van der Waals surface area (Å²) in [5, 5.41) is 3.93. The molecule has 0 bridgehead atoms. The van der Waals surface area contributed by atoms with Crippen LogP contribution < -0.4 is 10.2 Å². The zero-order valence-electron chi connectivity index (χ0n) is 12.8. The van der Waals surface area contributed by atoms with Crippen LogP contribution in [0.25, 0.3) is 10.2 Å². The van der Waals surface area contributed by atoms with Crippen molar-refractivity contribution >= 4 is 38.8 Å². The second-order valence-electron chi connectivity index (χ2n) is 5.31. The number of nitrogens with zero attached hydrogens (tertiary/aromatic N) is 2. The molecular formula is C17H17N3OS. The van der Waals surface area contributed by atoms with E-state index in [0.29, 0.717) is 5.56 Å². The minimum atomic E-state index is -0.106. The highest BCUT2D eigenvalue weighted by atomic mass is 32.1. The lowest BCUT2D eigenvalue weighted by atomic mass is 10.2. The topological polar surface area (TPSA) is 45.2 Å². The molecule has 1 N–H and O–H groups in total. The quantitative estimate of drug-likeness (QED) is 0.797. The number of hydrogen-bond acceptors (Lipinski definition) is 4. The Morgan fingerprint density at radius 3 is 2.55 bits per heavy atom. The van der Waals surface area contributed by atoms with Gasteiger partial charge >= 0.3 is 0 Å². The van der Waals surface area contributed by atoms with Crippen molar-refractivity contribution in [2.45, 2.75) is 6.92 Å². The van der Waals surface area contributed by atoms with Crippen LogP contribution in [0.3, 0.4) is 0 Å². The predicted molar refractivity (Wildman–Crippen MR) is 93.1 cm³/mol. The number of anilines is 2. The summed E-state index contributed by atoms with van der Waals surface area (Å²) in [4.78, 5) is 18.8. The average Bonchev–Trinajstić information content (AvgIpc) is 2.86. The molecule has 1 aromatic heterocycles. The van der Waals surface area contributed by atoms with Crippen LogP contribution in [0.1, 0.15) is 15.4 Å². The van der Waals surface area contributed by atoms with Crippen LogP contribution in [0.5, 0.6) is 0 Å². The van der Waals surface area contributed by atoms with Crippen LogP contribution in [0, 0.1) is 6.92 Å². The first-order valence-corrected chi connectivity index (χ1v) is 7.80. The van der Waals surface area contributed by atoms with Gasteiger partial charge in [-0.15, -0.1) is 11.3 Å². The zero-order chi connectivity index (χ0) is 15.7. The smallest absolute Gasteiger partial charge is 0.255 e. The van der Waals surface area contributed by atoms with Gasteiger partial charge < -0.3 is 10.2 Å². The number of nitrogens with one attached hydrogen (secondary N) is 1. The minimum Gasteiger partial charge on any atom is -0.378 e. The van der Waals surface area contributed by atoms with Gasteiger partial charge in [-0.3, -0.25) is 4.79 Å². The average molecular weight is 311 g/mol. The van der Waals surface area contributed by atoms with Gasteiger partial charge in [-0.1, -0.05) is 0 Å². The molecule has 0 unspecified atom stereocenters. The van der Waals surface area contributed by atoms with E-state index in [9.17, 15) is 4.79 Å². The Bertz CT molecular complexity index is 822. The Balaban J connectivity index is 1.80. The summed E-state index contributed by atoms with van der Waals surface area (Å²) in [6, 6.07) is 13.4. The molecule has 112 valence electrons. The SMILES string of the molecule is Cc1nc2ccc(C(=O)Nc3ccc(N(C)C)cc3)cc2s1. The summed E-state index contributed by atoms with van der Waals surface area (Å²) in [7, 11) is 3.97. The van der Waals surface area contributed by atoms with E-state index in [0.717, 1.165) is 26.6 Å². The molecule has 0 saturated carbocycles. The largest absolute Gasteiger partial charge is 0.378 e. The first kappa shape index (κ1) is 14.5. The van der Waals surface area contributed by atoms with Crippen molar-refractivity contribution in [2.75, 3.05) is 24.3 Å². The maximum Gasteiger partial charge on any atom is 0.255 e. The third-order valence-electron chi connectivity index (χ3n) is 3.40. The van der Waals surface area contributed by atoms with Gasteiger partial charge in [-0.2, -0.15) is 0 Å². The summed E-state index contributed by atoms with van der Waals surface area (Å²) < 4.78 is 1.04. The first-order valence-electron chi connectivity index (χ1n) is 6.99. The molecule has 0 spiro atoms. The number of carbonyl (C=O) groups is 1. The summed E-state index contributed by atoms with van der Waals surface area (Å²) in [6.07, 6.45) is 0. The summed E-state index contributed by atoms with van der Waals surface area (Å²) in [5.41, 5.74) is 3.47. The Hall–Kier alpha value is -2.40. The zero-order valence-corrected chi connectivity index (χ0v) is 13.6. The van der Waals surface area contributed by atoms with E-state index in [2.05, 4.69) is 10.3 Å². The second-order valence-corrected chi connectivity index (χ2v) is 6.55. The molecule has 22 heavy (non-hydrogen) atoms. The molecule has 0 aliphatic rings. The van der Waals surface area contributed by atoms with E-state index in [-0.39, 0.29) is 5.91 Å². The number of thiazole rings is 1. The van der Waals surface area contributed by atoms with E-state index in [1.165, 1.54) is 0 Å². The van der Waals surface area contributed by atoms with Gasteiger partial charge in [-0.05, 0) is 49.4 Å². The van der Waals surface area contributed by atoms with Crippen LogP contribution >= 0.6 is 11.3 Å². The normalized spacial score (nSPS) is 10.7. The van der Waals surface area contributed by atoms with Gasteiger partial charge in [0.25, 0.3) is 5.91 Å². The molecule has 0 aliphatic heterocycles. The van der Waals surface area contributed by atoms with Crippen molar-refractivity contribution in [3.63, 3.8) is 0 Å². The molecule has 0 radical (unpaired) electrons. The molecule has 0 aliphatic carbocycles. The molecule has 5 heteroatoms. The lowest BCUT2D eigenvalue weighted by molar-refractivity contribution is 0.102. The van der Waals surface area contributed by atoms with Crippen molar-refractivity contribution in [2.24, 2.45) is 0 Å². The third-order valence-corrected chi connectivity index (χ3v) is 4.33. The van der Waals surface area contributed by atoms with Gasteiger partial charge in [0.1, 0.15) is 0 Å². The van der Waals surface area contributed by atoms with Crippen molar-refractivity contribution in [3.05, 3.63) is 53.0 Å². The van der Waals surface area contributed by atoms with Gasteiger partial charge in [0.15, 0.2) is 0 Å². The highest BCUT2D eigenvalue weighted by Crippen LogP contribution is 2.23. The number of fused-ring (bicyclic) bond motifs is 1. The van der Waals surface area contributed by atoms with E-state index < -0.39 is 0 Å². The van der Waals surface area contributed by atoms with Crippen LogP contribution in [0.2, 0.25) is 0 Å². The maximum absolute atomic E-state index is 12.3. The molecule has 0 saturated heterocycles. The number of rotatable bonds is 3. The number of benzene rings is 2. The second kappa shape index (κ2) is 5.77. The third kappa shape index (κ3) is 2.94. The molecule has 2 aromatic carbocycles. The Morgan fingerprint density at radius 2 is 1.86 bits per heavy atom. The molecule has 0 fully saturated rings. The summed E-state index contributed by atoms with van der Waals surface area (Å²) in [5.74, 6) is -0.106. The van der Waals surface area contributed by atoms with Crippen molar-refractivity contribution in [1.29, 1.82) is 0 Å². The highest BCUT2D eigenvalue weighted by Gasteiger charge is 2.09.